The Kier molecular flexibility index (Phi) is 4.89. The summed E-state index contributed by atoms with van der Waals surface area (Å²) < 4.78 is 12.8. The maximum Gasteiger partial charge on any atom is 0.202 e. The second-order valence-corrected chi connectivity index (χ2v) is 5.48. The van der Waals surface area contributed by atoms with Crippen LogP contribution in [-0.4, -0.2) is 29.9 Å². The number of Topliss-reactive ketones (excluding diaryl/α,β-unsaturated/α-hetero) is 2. The van der Waals surface area contributed by atoms with Gasteiger partial charge in [-0.2, -0.15) is 0 Å². The molecule has 0 aliphatic heterocycles. The predicted octanol–water partition coefficient (Wildman–Crippen LogP) is 3.11. The fourth-order valence-corrected chi connectivity index (χ4v) is 2.36. The highest BCUT2D eigenvalue weighted by atomic mass is 16.5. The lowest BCUT2D eigenvalue weighted by atomic mass is 10.1. The van der Waals surface area contributed by atoms with Crippen LogP contribution in [0.2, 0.25) is 0 Å². The number of ketones is 2. The van der Waals surface area contributed by atoms with Crippen LogP contribution in [0.15, 0.2) is 24.3 Å². The number of carbonyl (C=O) groups is 2. The lowest BCUT2D eigenvalue weighted by Crippen LogP contribution is -2.13. The number of hydrogen-bond acceptors (Lipinski definition) is 4. The molecular formula is C18H21NO4. The van der Waals surface area contributed by atoms with Crippen molar-refractivity contribution in [3.8, 4) is 11.5 Å². The quantitative estimate of drug-likeness (QED) is 0.769. The summed E-state index contributed by atoms with van der Waals surface area (Å²) in [5.74, 6) is 0.729. The third kappa shape index (κ3) is 3.44. The molecule has 2 aromatic rings. The maximum atomic E-state index is 12.3. The second-order valence-electron chi connectivity index (χ2n) is 5.48. The second kappa shape index (κ2) is 6.69. The summed E-state index contributed by atoms with van der Waals surface area (Å²) in [5.41, 5.74) is 3.13. The Morgan fingerprint density at radius 2 is 1.83 bits per heavy atom. The topological polar surface area (TPSA) is 57.5 Å². The Balaban J connectivity index is 2.15. The van der Waals surface area contributed by atoms with Gasteiger partial charge in [0.15, 0.2) is 23.9 Å². The van der Waals surface area contributed by atoms with Crippen molar-refractivity contribution in [3.63, 3.8) is 0 Å². The van der Waals surface area contributed by atoms with Crippen LogP contribution in [0.5, 0.6) is 11.5 Å². The predicted molar refractivity (Wildman–Crippen MR) is 87.7 cm³/mol. The molecule has 0 unspecified atom stereocenters. The number of hydrogen-bond donors (Lipinski definition) is 0. The minimum absolute atomic E-state index is 0.0543. The summed E-state index contributed by atoms with van der Waals surface area (Å²) in [6.45, 7) is 5.26. The summed E-state index contributed by atoms with van der Waals surface area (Å²) >= 11 is 0. The molecule has 0 aliphatic carbocycles. The van der Waals surface area contributed by atoms with Crippen molar-refractivity contribution in [3.05, 3.63) is 46.8 Å². The highest BCUT2D eigenvalue weighted by Crippen LogP contribution is 2.28. The highest BCUT2D eigenvalue weighted by molar-refractivity contribution is 5.98. The molecule has 2 rings (SSSR count). The van der Waals surface area contributed by atoms with Gasteiger partial charge in [0.1, 0.15) is 0 Å². The minimum Gasteiger partial charge on any atom is -0.493 e. The van der Waals surface area contributed by atoms with E-state index in [1.165, 1.54) is 14.0 Å². The van der Waals surface area contributed by atoms with E-state index in [1.807, 2.05) is 31.5 Å². The molecule has 0 N–H and O–H groups in total. The first-order chi connectivity index (χ1) is 10.8. The van der Waals surface area contributed by atoms with Crippen LogP contribution in [0, 0.1) is 13.8 Å². The fourth-order valence-electron chi connectivity index (χ4n) is 2.36. The van der Waals surface area contributed by atoms with Gasteiger partial charge in [-0.3, -0.25) is 9.59 Å². The van der Waals surface area contributed by atoms with Gasteiger partial charge in [0.25, 0.3) is 0 Å². The van der Waals surface area contributed by atoms with Crippen molar-refractivity contribution < 1.29 is 19.1 Å². The largest absolute Gasteiger partial charge is 0.493 e. The average Bonchev–Trinajstić information content (AvgIpc) is 2.79. The normalized spacial score (nSPS) is 10.5. The number of aryl methyl sites for hydroxylation is 1. The SMILES string of the molecule is COc1cc(C(C)=O)ccc1OCC(=O)c1cc(C)n(C)c1C. The standard InChI is InChI=1S/C18H21NO4/c1-11-8-15(12(2)19(11)4)16(21)10-23-17-7-6-14(13(3)20)9-18(17)22-5/h6-9H,10H2,1-5H3. The van der Waals surface area contributed by atoms with E-state index in [4.69, 9.17) is 9.47 Å². The summed E-state index contributed by atoms with van der Waals surface area (Å²) in [5, 5.41) is 0. The maximum absolute atomic E-state index is 12.3. The molecule has 1 aromatic heterocycles. The summed E-state index contributed by atoms with van der Waals surface area (Å²) in [6, 6.07) is 6.77. The Labute approximate surface area is 135 Å². The van der Waals surface area contributed by atoms with Crippen molar-refractivity contribution >= 4 is 11.6 Å². The van der Waals surface area contributed by atoms with E-state index in [0.29, 0.717) is 22.6 Å². The number of rotatable bonds is 6. The minimum atomic E-state index is -0.0936. The number of carbonyl (C=O) groups excluding carboxylic acids is 2. The molecule has 0 bridgehead atoms. The first-order valence-corrected chi connectivity index (χ1v) is 7.33. The van der Waals surface area contributed by atoms with E-state index in [0.717, 1.165) is 11.4 Å². The van der Waals surface area contributed by atoms with E-state index >= 15 is 0 Å². The molecule has 5 heteroatoms. The van der Waals surface area contributed by atoms with Crippen LogP contribution < -0.4 is 9.47 Å². The monoisotopic (exact) mass is 315 g/mol. The molecule has 0 atom stereocenters. The smallest absolute Gasteiger partial charge is 0.202 e. The van der Waals surface area contributed by atoms with Gasteiger partial charge in [-0.05, 0) is 45.0 Å². The molecule has 5 nitrogen and oxygen atoms in total. The van der Waals surface area contributed by atoms with Crippen LogP contribution in [0.25, 0.3) is 0 Å². The van der Waals surface area contributed by atoms with Gasteiger partial charge in [-0.15, -0.1) is 0 Å². The molecular weight excluding hydrogens is 294 g/mol. The Morgan fingerprint density at radius 3 is 2.35 bits per heavy atom. The molecule has 0 spiro atoms. The van der Waals surface area contributed by atoms with Gasteiger partial charge in [-0.25, -0.2) is 0 Å². The molecule has 0 saturated heterocycles. The van der Waals surface area contributed by atoms with Gasteiger partial charge in [0, 0.05) is 29.6 Å². The van der Waals surface area contributed by atoms with Gasteiger partial charge in [0.2, 0.25) is 5.78 Å². The zero-order valence-electron chi connectivity index (χ0n) is 14.1. The zero-order chi connectivity index (χ0) is 17.1. The molecule has 0 fully saturated rings. The molecule has 0 amide bonds. The lowest BCUT2D eigenvalue weighted by Gasteiger charge is -2.11. The van der Waals surface area contributed by atoms with Crippen molar-refractivity contribution in [2.45, 2.75) is 20.8 Å². The van der Waals surface area contributed by atoms with Crippen LogP contribution in [0.3, 0.4) is 0 Å². The van der Waals surface area contributed by atoms with E-state index in [9.17, 15) is 9.59 Å². The first-order valence-electron chi connectivity index (χ1n) is 7.33. The zero-order valence-corrected chi connectivity index (χ0v) is 14.1. The molecule has 122 valence electrons. The van der Waals surface area contributed by atoms with Gasteiger partial charge in [0.05, 0.1) is 7.11 Å². The molecule has 0 radical (unpaired) electrons. The van der Waals surface area contributed by atoms with E-state index in [-0.39, 0.29) is 18.2 Å². The van der Waals surface area contributed by atoms with Crippen LogP contribution in [0.1, 0.15) is 39.0 Å². The van der Waals surface area contributed by atoms with E-state index in [1.54, 1.807) is 18.2 Å². The van der Waals surface area contributed by atoms with Crippen LogP contribution in [0.4, 0.5) is 0 Å². The highest BCUT2D eigenvalue weighted by Gasteiger charge is 2.16. The third-order valence-electron chi connectivity index (χ3n) is 4.00. The third-order valence-corrected chi connectivity index (χ3v) is 4.00. The van der Waals surface area contributed by atoms with Gasteiger partial charge in [-0.1, -0.05) is 0 Å². The van der Waals surface area contributed by atoms with Crippen molar-refractivity contribution in [2.75, 3.05) is 13.7 Å². The van der Waals surface area contributed by atoms with Crippen molar-refractivity contribution in [2.24, 2.45) is 7.05 Å². The Hall–Kier alpha value is -2.56. The van der Waals surface area contributed by atoms with Crippen molar-refractivity contribution in [1.82, 2.24) is 4.57 Å². The van der Waals surface area contributed by atoms with Gasteiger partial charge < -0.3 is 14.0 Å². The summed E-state index contributed by atoms with van der Waals surface area (Å²) in [6.07, 6.45) is 0. The average molecular weight is 315 g/mol. The molecule has 1 heterocycles. The summed E-state index contributed by atoms with van der Waals surface area (Å²) in [4.78, 5) is 23.7. The van der Waals surface area contributed by atoms with Crippen LogP contribution in [-0.2, 0) is 7.05 Å². The van der Waals surface area contributed by atoms with Gasteiger partial charge >= 0.3 is 0 Å². The summed E-state index contributed by atoms with van der Waals surface area (Å²) in [7, 11) is 3.42. The lowest BCUT2D eigenvalue weighted by molar-refractivity contribution is 0.0917. The van der Waals surface area contributed by atoms with E-state index in [2.05, 4.69) is 0 Å². The number of methoxy groups -OCH3 is 1. The first kappa shape index (κ1) is 16.8. The molecule has 0 aliphatic rings. The number of nitrogens with zero attached hydrogens (tertiary/aromatic N) is 1. The fraction of sp³-hybridized carbons (Fsp3) is 0.333. The number of aromatic nitrogens is 1. The Bertz CT molecular complexity index is 759. The molecule has 0 saturated carbocycles. The van der Waals surface area contributed by atoms with Crippen LogP contribution >= 0.6 is 0 Å². The van der Waals surface area contributed by atoms with Crippen molar-refractivity contribution in [1.29, 1.82) is 0 Å². The Morgan fingerprint density at radius 1 is 1.13 bits per heavy atom. The molecule has 1 aromatic carbocycles. The number of benzene rings is 1. The number of ether oxygens (including phenoxy) is 2. The molecule has 23 heavy (non-hydrogen) atoms. The van der Waals surface area contributed by atoms with E-state index < -0.39 is 0 Å².